The SMILES string of the molecule is CCCCOc1ccc(/C=C2/SC(=O)N(c3ccccc3)C2=O)cc1. The second-order valence-corrected chi connectivity index (χ2v) is 6.62. The number of carbonyl (C=O) groups excluding carboxylic acids is 2. The van der Waals surface area contributed by atoms with E-state index in [1.807, 2.05) is 30.3 Å². The highest BCUT2D eigenvalue weighted by atomic mass is 32.2. The Balaban J connectivity index is 1.73. The van der Waals surface area contributed by atoms with Crippen molar-refractivity contribution in [2.24, 2.45) is 0 Å². The third-order valence-corrected chi connectivity index (χ3v) is 4.62. The highest BCUT2D eigenvalue weighted by Gasteiger charge is 2.36. The van der Waals surface area contributed by atoms with Crippen molar-refractivity contribution in [3.05, 3.63) is 65.1 Å². The molecule has 3 rings (SSSR count). The standard InChI is InChI=1S/C20H19NO3S/c1-2-3-13-24-17-11-9-15(10-12-17)14-18-19(22)21(20(23)25-18)16-7-5-4-6-8-16/h4-12,14H,2-3,13H2,1H3/b18-14+. The molecule has 25 heavy (non-hydrogen) atoms. The lowest BCUT2D eigenvalue weighted by atomic mass is 10.2. The Morgan fingerprint density at radius 1 is 1.04 bits per heavy atom. The maximum absolute atomic E-state index is 12.6. The van der Waals surface area contributed by atoms with E-state index < -0.39 is 0 Å². The normalized spacial score (nSPS) is 15.9. The van der Waals surface area contributed by atoms with Crippen LogP contribution in [0.2, 0.25) is 0 Å². The van der Waals surface area contributed by atoms with Gasteiger partial charge in [0.1, 0.15) is 5.75 Å². The number of amides is 2. The summed E-state index contributed by atoms with van der Waals surface area (Å²) in [6.45, 7) is 2.82. The smallest absolute Gasteiger partial charge is 0.298 e. The van der Waals surface area contributed by atoms with Crippen LogP contribution in [0.1, 0.15) is 25.3 Å². The summed E-state index contributed by atoms with van der Waals surface area (Å²) < 4.78 is 5.63. The number of carbonyl (C=O) groups is 2. The van der Waals surface area contributed by atoms with E-state index in [0.29, 0.717) is 17.2 Å². The number of imide groups is 1. The van der Waals surface area contributed by atoms with Crippen LogP contribution in [-0.2, 0) is 4.79 Å². The summed E-state index contributed by atoms with van der Waals surface area (Å²) >= 11 is 0.960. The molecule has 0 N–H and O–H groups in total. The van der Waals surface area contributed by atoms with Crippen molar-refractivity contribution >= 4 is 34.7 Å². The summed E-state index contributed by atoms with van der Waals surface area (Å²) in [5.41, 5.74) is 1.45. The molecule has 0 bridgehead atoms. The molecular formula is C20H19NO3S. The molecule has 0 atom stereocenters. The van der Waals surface area contributed by atoms with Crippen LogP contribution in [0, 0.1) is 0 Å². The van der Waals surface area contributed by atoms with Crippen LogP contribution >= 0.6 is 11.8 Å². The first-order valence-electron chi connectivity index (χ1n) is 8.25. The molecule has 128 valence electrons. The molecule has 1 aliphatic heterocycles. The summed E-state index contributed by atoms with van der Waals surface area (Å²) in [6.07, 6.45) is 3.85. The fraction of sp³-hybridized carbons (Fsp3) is 0.200. The zero-order valence-electron chi connectivity index (χ0n) is 14.0. The Bertz CT molecular complexity index is 784. The number of ether oxygens (including phenoxy) is 1. The highest BCUT2D eigenvalue weighted by molar-refractivity contribution is 8.19. The minimum atomic E-state index is -0.288. The maximum Gasteiger partial charge on any atom is 0.298 e. The van der Waals surface area contributed by atoms with E-state index in [0.717, 1.165) is 35.9 Å². The average molecular weight is 353 g/mol. The van der Waals surface area contributed by atoms with E-state index in [1.165, 1.54) is 4.90 Å². The van der Waals surface area contributed by atoms with Crippen molar-refractivity contribution in [2.45, 2.75) is 19.8 Å². The number of nitrogens with zero attached hydrogens (tertiary/aromatic N) is 1. The molecule has 0 unspecified atom stereocenters. The highest BCUT2D eigenvalue weighted by Crippen LogP contribution is 2.35. The molecule has 5 heteroatoms. The number of thioether (sulfide) groups is 1. The monoisotopic (exact) mass is 353 g/mol. The van der Waals surface area contributed by atoms with E-state index in [-0.39, 0.29) is 11.1 Å². The number of para-hydroxylation sites is 1. The second-order valence-electron chi connectivity index (χ2n) is 5.62. The van der Waals surface area contributed by atoms with Crippen molar-refractivity contribution in [3.63, 3.8) is 0 Å². The Morgan fingerprint density at radius 2 is 1.76 bits per heavy atom. The predicted octanol–water partition coefficient (Wildman–Crippen LogP) is 5.11. The Kier molecular flexibility index (Phi) is 5.56. The molecule has 0 radical (unpaired) electrons. The van der Waals surface area contributed by atoms with Gasteiger partial charge >= 0.3 is 0 Å². The fourth-order valence-electron chi connectivity index (χ4n) is 2.41. The van der Waals surface area contributed by atoms with Crippen LogP contribution < -0.4 is 9.64 Å². The molecule has 1 heterocycles. The van der Waals surface area contributed by atoms with E-state index >= 15 is 0 Å². The third kappa shape index (κ3) is 4.12. The largest absolute Gasteiger partial charge is 0.494 e. The zero-order valence-corrected chi connectivity index (χ0v) is 14.8. The lowest BCUT2D eigenvalue weighted by Crippen LogP contribution is -2.27. The van der Waals surface area contributed by atoms with Crippen molar-refractivity contribution in [2.75, 3.05) is 11.5 Å². The third-order valence-electron chi connectivity index (χ3n) is 3.75. The molecule has 0 saturated carbocycles. The van der Waals surface area contributed by atoms with Gasteiger partial charge in [-0.05, 0) is 54.1 Å². The van der Waals surface area contributed by atoms with Gasteiger partial charge in [-0.15, -0.1) is 0 Å². The molecule has 1 aliphatic rings. The molecular weight excluding hydrogens is 334 g/mol. The molecule has 0 aromatic heterocycles. The van der Waals surface area contributed by atoms with Crippen LogP contribution in [0.5, 0.6) is 5.75 Å². The molecule has 4 nitrogen and oxygen atoms in total. The van der Waals surface area contributed by atoms with Gasteiger partial charge in [-0.1, -0.05) is 43.7 Å². The molecule has 0 spiro atoms. The minimum Gasteiger partial charge on any atom is -0.494 e. The van der Waals surface area contributed by atoms with Gasteiger partial charge in [0, 0.05) is 0 Å². The van der Waals surface area contributed by atoms with Gasteiger partial charge < -0.3 is 4.74 Å². The molecule has 2 aromatic carbocycles. The van der Waals surface area contributed by atoms with E-state index in [4.69, 9.17) is 4.74 Å². The summed E-state index contributed by atoms with van der Waals surface area (Å²) in [5, 5.41) is -0.276. The number of rotatable bonds is 6. The molecule has 1 fully saturated rings. The lowest BCUT2D eigenvalue weighted by Gasteiger charge is -2.11. The number of unbranched alkanes of at least 4 members (excludes halogenated alkanes) is 1. The molecule has 2 aromatic rings. The molecule has 2 amide bonds. The Morgan fingerprint density at radius 3 is 2.44 bits per heavy atom. The predicted molar refractivity (Wildman–Crippen MR) is 102 cm³/mol. The first kappa shape index (κ1) is 17.3. The minimum absolute atomic E-state index is 0.276. The number of hydrogen-bond acceptors (Lipinski definition) is 4. The van der Waals surface area contributed by atoms with Crippen molar-refractivity contribution in [3.8, 4) is 5.75 Å². The number of hydrogen-bond donors (Lipinski definition) is 0. The van der Waals surface area contributed by atoms with E-state index in [2.05, 4.69) is 6.92 Å². The van der Waals surface area contributed by atoms with Crippen LogP contribution in [0.25, 0.3) is 6.08 Å². The van der Waals surface area contributed by atoms with Crippen molar-refractivity contribution in [1.29, 1.82) is 0 Å². The number of anilines is 1. The van der Waals surface area contributed by atoms with Crippen LogP contribution in [-0.4, -0.2) is 17.8 Å². The summed E-state index contributed by atoms with van der Waals surface area (Å²) in [6, 6.07) is 16.5. The van der Waals surface area contributed by atoms with Gasteiger partial charge in [-0.25, -0.2) is 4.90 Å². The van der Waals surface area contributed by atoms with Gasteiger partial charge in [-0.3, -0.25) is 9.59 Å². The van der Waals surface area contributed by atoms with Crippen molar-refractivity contribution in [1.82, 2.24) is 0 Å². The number of benzene rings is 2. The summed E-state index contributed by atoms with van der Waals surface area (Å²) in [5.74, 6) is 0.521. The average Bonchev–Trinajstić information content (AvgIpc) is 2.91. The van der Waals surface area contributed by atoms with Crippen LogP contribution in [0.4, 0.5) is 10.5 Å². The first-order valence-corrected chi connectivity index (χ1v) is 9.06. The quantitative estimate of drug-likeness (QED) is 0.535. The van der Waals surface area contributed by atoms with Gasteiger partial charge in [0.05, 0.1) is 17.2 Å². The topological polar surface area (TPSA) is 46.6 Å². The Labute approximate surface area is 151 Å². The fourth-order valence-corrected chi connectivity index (χ4v) is 3.25. The second kappa shape index (κ2) is 8.03. The van der Waals surface area contributed by atoms with Gasteiger partial charge in [0.15, 0.2) is 0 Å². The summed E-state index contributed by atoms with van der Waals surface area (Å²) in [4.78, 5) is 26.4. The van der Waals surface area contributed by atoms with Gasteiger partial charge in [0.25, 0.3) is 11.1 Å². The zero-order chi connectivity index (χ0) is 17.6. The maximum atomic E-state index is 12.6. The van der Waals surface area contributed by atoms with E-state index in [1.54, 1.807) is 30.3 Å². The summed E-state index contributed by atoms with van der Waals surface area (Å²) in [7, 11) is 0. The van der Waals surface area contributed by atoms with Crippen LogP contribution in [0.15, 0.2) is 59.5 Å². The lowest BCUT2D eigenvalue weighted by molar-refractivity contribution is -0.113. The van der Waals surface area contributed by atoms with E-state index in [9.17, 15) is 9.59 Å². The Hall–Kier alpha value is -2.53. The molecule has 1 saturated heterocycles. The van der Waals surface area contributed by atoms with Gasteiger partial charge in [0.2, 0.25) is 0 Å². The van der Waals surface area contributed by atoms with Gasteiger partial charge in [-0.2, -0.15) is 0 Å². The van der Waals surface area contributed by atoms with Crippen LogP contribution in [0.3, 0.4) is 0 Å². The first-order chi connectivity index (χ1) is 12.2. The molecule has 0 aliphatic carbocycles. The van der Waals surface area contributed by atoms with Crippen molar-refractivity contribution < 1.29 is 14.3 Å².